The van der Waals surface area contributed by atoms with Gasteiger partial charge in [-0.3, -0.25) is 4.98 Å². The number of aromatic nitrogens is 1. The van der Waals surface area contributed by atoms with Crippen LogP contribution in [0.5, 0.6) is 0 Å². The van der Waals surface area contributed by atoms with E-state index >= 15 is 0 Å². The second-order valence-electron chi connectivity index (χ2n) is 6.41. The van der Waals surface area contributed by atoms with Crippen molar-refractivity contribution in [1.29, 1.82) is 0 Å². The Bertz CT molecular complexity index is 499. The largest absolute Gasteiger partial charge is 0.444 e. The molecule has 0 N–H and O–H groups in total. The van der Waals surface area contributed by atoms with Crippen molar-refractivity contribution < 1.29 is 9.53 Å². The number of hydrogen-bond acceptors (Lipinski definition) is 4. The van der Waals surface area contributed by atoms with E-state index in [9.17, 15) is 4.79 Å². The lowest BCUT2D eigenvalue weighted by Crippen LogP contribution is -2.40. The van der Waals surface area contributed by atoms with Crippen LogP contribution >= 0.6 is 11.8 Å². The molecule has 4 nitrogen and oxygen atoms in total. The van der Waals surface area contributed by atoms with E-state index in [1.807, 2.05) is 44.9 Å². The molecule has 1 aromatic heterocycles. The van der Waals surface area contributed by atoms with E-state index in [-0.39, 0.29) is 12.1 Å². The maximum absolute atomic E-state index is 12.2. The van der Waals surface area contributed by atoms with E-state index in [2.05, 4.69) is 11.1 Å². The molecule has 0 aromatic carbocycles. The topological polar surface area (TPSA) is 42.4 Å². The Morgan fingerprint density at radius 3 is 2.95 bits per heavy atom. The summed E-state index contributed by atoms with van der Waals surface area (Å²) in [6, 6.07) is 4.36. The van der Waals surface area contributed by atoms with Crippen LogP contribution in [-0.4, -0.2) is 39.9 Å². The number of ether oxygens (including phenoxy) is 1. The zero-order chi connectivity index (χ0) is 15.5. The van der Waals surface area contributed by atoms with Gasteiger partial charge in [-0.1, -0.05) is 0 Å². The van der Waals surface area contributed by atoms with Gasteiger partial charge in [0.05, 0.1) is 0 Å². The highest BCUT2D eigenvalue weighted by molar-refractivity contribution is 7.99. The average molecular weight is 308 g/mol. The summed E-state index contributed by atoms with van der Waals surface area (Å²) in [5, 5.41) is 0. The van der Waals surface area contributed by atoms with Crippen molar-refractivity contribution in [3.63, 3.8) is 0 Å². The molecule has 1 fully saturated rings. The number of pyridine rings is 1. The number of likely N-dealkylation sites (tertiary alicyclic amines) is 1. The lowest BCUT2D eigenvalue weighted by atomic mass is 10.2. The van der Waals surface area contributed by atoms with Crippen LogP contribution < -0.4 is 0 Å². The molecule has 0 aliphatic carbocycles. The van der Waals surface area contributed by atoms with Crippen LogP contribution in [0.2, 0.25) is 0 Å². The number of carbonyl (C=O) groups excluding carboxylic acids is 1. The molecule has 0 saturated carbocycles. The quantitative estimate of drug-likeness (QED) is 0.795. The zero-order valence-corrected chi connectivity index (χ0v) is 14.1. The van der Waals surface area contributed by atoms with Gasteiger partial charge in [0.1, 0.15) is 5.60 Å². The standard InChI is InChI=1S/C16H24N2O2S/c1-12-10-14(7-8-17-12)21-11-13-6-5-9-18(13)15(19)20-16(2,3)4/h7-8,10,13H,5-6,9,11H2,1-4H3/t13-/m0/s1. The van der Waals surface area contributed by atoms with E-state index in [0.717, 1.165) is 30.8 Å². The molecule has 0 unspecified atom stereocenters. The molecule has 0 bridgehead atoms. The molecule has 0 radical (unpaired) electrons. The van der Waals surface area contributed by atoms with Crippen LogP contribution in [0.1, 0.15) is 39.3 Å². The van der Waals surface area contributed by atoms with Crippen molar-refractivity contribution in [2.45, 2.75) is 57.1 Å². The number of carbonyl (C=O) groups is 1. The number of thioether (sulfide) groups is 1. The first kappa shape index (κ1) is 16.1. The van der Waals surface area contributed by atoms with Gasteiger partial charge in [-0.25, -0.2) is 4.79 Å². The van der Waals surface area contributed by atoms with E-state index < -0.39 is 5.60 Å². The molecule has 0 spiro atoms. The highest BCUT2D eigenvalue weighted by Gasteiger charge is 2.31. The summed E-state index contributed by atoms with van der Waals surface area (Å²) in [5.41, 5.74) is 0.593. The third-order valence-electron chi connectivity index (χ3n) is 3.32. The van der Waals surface area contributed by atoms with Crippen LogP contribution in [0.15, 0.2) is 23.2 Å². The van der Waals surface area contributed by atoms with Crippen LogP contribution in [0, 0.1) is 6.92 Å². The van der Waals surface area contributed by atoms with Gasteiger partial charge in [-0.2, -0.15) is 0 Å². The third kappa shape index (κ3) is 4.92. The van der Waals surface area contributed by atoms with Gasteiger partial charge in [0.25, 0.3) is 0 Å². The Balaban J connectivity index is 1.91. The number of aryl methyl sites for hydroxylation is 1. The van der Waals surface area contributed by atoms with E-state index in [1.54, 1.807) is 11.8 Å². The first-order chi connectivity index (χ1) is 9.85. The minimum Gasteiger partial charge on any atom is -0.444 e. The van der Waals surface area contributed by atoms with Crippen LogP contribution in [0.3, 0.4) is 0 Å². The number of rotatable bonds is 3. The Morgan fingerprint density at radius 1 is 1.52 bits per heavy atom. The molecule has 2 rings (SSSR count). The van der Waals surface area contributed by atoms with Crippen molar-refractivity contribution >= 4 is 17.9 Å². The number of amides is 1. The maximum atomic E-state index is 12.2. The molecule has 1 atom stereocenters. The van der Waals surface area contributed by atoms with Crippen molar-refractivity contribution in [2.75, 3.05) is 12.3 Å². The summed E-state index contributed by atoms with van der Waals surface area (Å²) in [7, 11) is 0. The van der Waals surface area contributed by atoms with Crippen LogP contribution in [0.25, 0.3) is 0 Å². The van der Waals surface area contributed by atoms with E-state index in [1.165, 1.54) is 4.90 Å². The SMILES string of the molecule is Cc1cc(SC[C@@H]2CCCN2C(=O)OC(C)(C)C)ccn1. The molecule has 1 saturated heterocycles. The number of nitrogens with zero attached hydrogens (tertiary/aromatic N) is 2. The Morgan fingerprint density at radius 2 is 2.29 bits per heavy atom. The summed E-state index contributed by atoms with van der Waals surface area (Å²) in [6.07, 6.45) is 3.75. The van der Waals surface area contributed by atoms with Crippen LogP contribution in [-0.2, 0) is 4.74 Å². The lowest BCUT2D eigenvalue weighted by molar-refractivity contribution is 0.0242. The van der Waals surface area contributed by atoms with Crippen molar-refractivity contribution in [3.05, 3.63) is 24.0 Å². The fourth-order valence-corrected chi connectivity index (χ4v) is 3.51. The Labute approximate surface area is 131 Å². The second-order valence-corrected chi connectivity index (χ2v) is 7.51. The minimum absolute atomic E-state index is 0.184. The summed E-state index contributed by atoms with van der Waals surface area (Å²) in [6.45, 7) is 8.52. The first-order valence-electron chi connectivity index (χ1n) is 7.40. The maximum Gasteiger partial charge on any atom is 0.410 e. The molecular weight excluding hydrogens is 284 g/mol. The van der Waals surface area contributed by atoms with Crippen molar-refractivity contribution in [3.8, 4) is 0 Å². The minimum atomic E-state index is -0.431. The molecule has 1 aliphatic rings. The van der Waals surface area contributed by atoms with Gasteiger partial charge < -0.3 is 9.64 Å². The third-order valence-corrected chi connectivity index (χ3v) is 4.45. The van der Waals surface area contributed by atoms with Gasteiger partial charge in [0.15, 0.2) is 0 Å². The van der Waals surface area contributed by atoms with Crippen molar-refractivity contribution in [1.82, 2.24) is 9.88 Å². The lowest BCUT2D eigenvalue weighted by Gasteiger charge is -2.28. The predicted molar refractivity (Wildman–Crippen MR) is 85.7 cm³/mol. The summed E-state index contributed by atoms with van der Waals surface area (Å²) < 4.78 is 5.49. The molecular formula is C16H24N2O2S. The van der Waals surface area contributed by atoms with E-state index in [4.69, 9.17) is 4.74 Å². The Hall–Kier alpha value is -1.23. The summed E-state index contributed by atoms with van der Waals surface area (Å²) >= 11 is 1.78. The monoisotopic (exact) mass is 308 g/mol. The van der Waals surface area contributed by atoms with Crippen LogP contribution in [0.4, 0.5) is 4.79 Å². The molecule has 21 heavy (non-hydrogen) atoms. The highest BCUT2D eigenvalue weighted by atomic mass is 32.2. The Kier molecular flexibility index (Phi) is 5.14. The van der Waals surface area contributed by atoms with Gasteiger partial charge >= 0.3 is 6.09 Å². The molecule has 1 aliphatic heterocycles. The fraction of sp³-hybridized carbons (Fsp3) is 0.625. The fourth-order valence-electron chi connectivity index (χ4n) is 2.37. The number of hydrogen-bond donors (Lipinski definition) is 0. The van der Waals surface area contributed by atoms with Gasteiger partial charge in [-0.15, -0.1) is 11.8 Å². The highest BCUT2D eigenvalue weighted by Crippen LogP contribution is 2.27. The summed E-state index contributed by atoms with van der Waals surface area (Å²) in [5.74, 6) is 0.905. The zero-order valence-electron chi connectivity index (χ0n) is 13.3. The molecule has 116 valence electrons. The molecule has 1 aromatic rings. The van der Waals surface area contributed by atoms with E-state index in [0.29, 0.717) is 0 Å². The first-order valence-corrected chi connectivity index (χ1v) is 8.39. The normalized spacial score (nSPS) is 18.9. The molecule has 5 heteroatoms. The second kappa shape index (κ2) is 6.69. The summed E-state index contributed by atoms with van der Waals surface area (Å²) in [4.78, 5) is 19.5. The molecule has 2 heterocycles. The van der Waals surface area contributed by atoms with Gasteiger partial charge in [0.2, 0.25) is 0 Å². The average Bonchev–Trinajstić information content (AvgIpc) is 2.83. The van der Waals surface area contributed by atoms with Crippen molar-refractivity contribution in [2.24, 2.45) is 0 Å². The predicted octanol–water partition coefficient (Wildman–Crippen LogP) is 3.88. The van der Waals surface area contributed by atoms with Gasteiger partial charge in [-0.05, 0) is 52.7 Å². The smallest absolute Gasteiger partial charge is 0.410 e. The van der Waals surface area contributed by atoms with Gasteiger partial charge in [0, 0.05) is 35.1 Å². The molecule has 1 amide bonds.